The van der Waals surface area contributed by atoms with Crippen molar-refractivity contribution >= 4 is 41.3 Å². The first kappa shape index (κ1) is 22.9. The van der Waals surface area contributed by atoms with Crippen molar-refractivity contribution in [3.05, 3.63) is 33.0 Å². The third-order valence-corrected chi connectivity index (χ3v) is 5.42. The molecule has 0 amide bonds. The van der Waals surface area contributed by atoms with Crippen LogP contribution in [-0.4, -0.2) is 40.4 Å². The number of aliphatic imine (C=N–C) groups is 1. The molecular weight excluding hydrogens is 459 g/mol. The van der Waals surface area contributed by atoms with Crippen LogP contribution in [0.25, 0.3) is 0 Å². The van der Waals surface area contributed by atoms with Gasteiger partial charge < -0.3 is 10.6 Å². The van der Waals surface area contributed by atoms with E-state index in [-0.39, 0.29) is 24.0 Å². The minimum absolute atomic E-state index is 0. The third kappa shape index (κ3) is 6.53. The Labute approximate surface area is 177 Å². The second kappa shape index (κ2) is 11.5. The fourth-order valence-electron chi connectivity index (χ4n) is 2.72. The standard InChI is InChI=1S/C18H30N6S.HI/c1-6-15-12-22-17(25-15)9-11-21-18(19-7-2)20-10-8-16-13(3)23-24(5)14(16)4;/h12H,6-11H2,1-5H3,(H2,19,20,21);1H. The van der Waals surface area contributed by atoms with E-state index in [0.29, 0.717) is 0 Å². The molecule has 0 fully saturated rings. The van der Waals surface area contributed by atoms with E-state index in [2.05, 4.69) is 53.4 Å². The smallest absolute Gasteiger partial charge is 0.191 e. The predicted octanol–water partition coefficient (Wildman–Crippen LogP) is 3.01. The van der Waals surface area contributed by atoms with Gasteiger partial charge in [-0.3, -0.25) is 9.67 Å². The quantitative estimate of drug-likeness (QED) is 0.339. The molecule has 8 heteroatoms. The summed E-state index contributed by atoms with van der Waals surface area (Å²) in [6.07, 6.45) is 4.87. The summed E-state index contributed by atoms with van der Waals surface area (Å²) in [5, 5.41) is 12.4. The second-order valence-electron chi connectivity index (χ2n) is 6.03. The minimum atomic E-state index is 0. The van der Waals surface area contributed by atoms with Crippen molar-refractivity contribution in [2.45, 2.75) is 47.0 Å². The van der Waals surface area contributed by atoms with Crippen molar-refractivity contribution in [3.63, 3.8) is 0 Å². The summed E-state index contributed by atoms with van der Waals surface area (Å²) in [5.41, 5.74) is 3.66. The zero-order chi connectivity index (χ0) is 18.2. The molecule has 0 aliphatic carbocycles. The number of aromatic nitrogens is 3. The van der Waals surface area contributed by atoms with Crippen LogP contribution in [0.2, 0.25) is 0 Å². The lowest BCUT2D eigenvalue weighted by Gasteiger charge is -2.11. The number of hydrogen-bond acceptors (Lipinski definition) is 4. The average molecular weight is 490 g/mol. The van der Waals surface area contributed by atoms with Gasteiger partial charge in [-0.15, -0.1) is 35.3 Å². The molecule has 2 aromatic rings. The van der Waals surface area contributed by atoms with Gasteiger partial charge in [-0.1, -0.05) is 6.92 Å². The molecule has 0 aliphatic heterocycles. The monoisotopic (exact) mass is 490 g/mol. The van der Waals surface area contributed by atoms with Crippen molar-refractivity contribution in [1.29, 1.82) is 0 Å². The molecule has 0 atom stereocenters. The number of rotatable bonds is 8. The Balaban J connectivity index is 0.00000338. The molecule has 2 rings (SSSR count). The summed E-state index contributed by atoms with van der Waals surface area (Å²) in [5.74, 6) is 0.869. The van der Waals surface area contributed by atoms with Gasteiger partial charge in [0.05, 0.1) is 10.7 Å². The van der Waals surface area contributed by atoms with Crippen molar-refractivity contribution in [2.24, 2.45) is 12.0 Å². The Kier molecular flexibility index (Phi) is 10.1. The van der Waals surface area contributed by atoms with E-state index in [9.17, 15) is 0 Å². The van der Waals surface area contributed by atoms with E-state index >= 15 is 0 Å². The van der Waals surface area contributed by atoms with Gasteiger partial charge in [0.15, 0.2) is 5.96 Å². The van der Waals surface area contributed by atoms with Crippen LogP contribution in [0.3, 0.4) is 0 Å². The fourth-order valence-corrected chi connectivity index (χ4v) is 3.57. The molecule has 0 saturated carbocycles. The second-order valence-corrected chi connectivity index (χ2v) is 7.23. The Hall–Kier alpha value is -1.16. The van der Waals surface area contributed by atoms with Crippen LogP contribution in [0.4, 0.5) is 0 Å². The number of nitrogens with zero attached hydrogens (tertiary/aromatic N) is 4. The first-order valence-electron chi connectivity index (χ1n) is 8.99. The fraction of sp³-hybridized carbons (Fsp3) is 0.611. The van der Waals surface area contributed by atoms with Crippen LogP contribution in [0.15, 0.2) is 11.2 Å². The molecular formula is C18H31IN6S. The molecule has 146 valence electrons. The van der Waals surface area contributed by atoms with E-state index in [4.69, 9.17) is 0 Å². The molecule has 2 N–H and O–H groups in total. The molecule has 0 aromatic carbocycles. The van der Waals surface area contributed by atoms with Crippen LogP contribution in [0.5, 0.6) is 0 Å². The number of guanidine groups is 1. The van der Waals surface area contributed by atoms with Crippen LogP contribution in [0, 0.1) is 13.8 Å². The molecule has 26 heavy (non-hydrogen) atoms. The Bertz CT molecular complexity index is 707. The summed E-state index contributed by atoms with van der Waals surface area (Å²) < 4.78 is 1.95. The number of thiazole rings is 1. The molecule has 6 nitrogen and oxygen atoms in total. The lowest BCUT2D eigenvalue weighted by atomic mass is 10.1. The minimum Gasteiger partial charge on any atom is -0.357 e. The maximum atomic E-state index is 4.67. The normalized spacial score (nSPS) is 11.3. The van der Waals surface area contributed by atoms with Crippen molar-refractivity contribution < 1.29 is 0 Å². The van der Waals surface area contributed by atoms with Gasteiger partial charge in [0.25, 0.3) is 0 Å². The Morgan fingerprint density at radius 2 is 2.00 bits per heavy atom. The van der Waals surface area contributed by atoms with Gasteiger partial charge in [0, 0.05) is 49.9 Å². The highest BCUT2D eigenvalue weighted by molar-refractivity contribution is 14.0. The molecule has 0 spiro atoms. The third-order valence-electron chi connectivity index (χ3n) is 4.22. The summed E-state index contributed by atoms with van der Waals surface area (Å²) in [6, 6.07) is 0. The van der Waals surface area contributed by atoms with Crippen LogP contribution >= 0.6 is 35.3 Å². The first-order valence-corrected chi connectivity index (χ1v) is 9.81. The van der Waals surface area contributed by atoms with E-state index in [1.807, 2.05) is 17.9 Å². The van der Waals surface area contributed by atoms with E-state index in [1.54, 1.807) is 11.3 Å². The van der Waals surface area contributed by atoms with Crippen molar-refractivity contribution in [3.8, 4) is 0 Å². The predicted molar refractivity (Wildman–Crippen MR) is 121 cm³/mol. The zero-order valence-corrected chi connectivity index (χ0v) is 19.6. The SMILES string of the molecule is CCNC(=NCCc1ncc(CC)s1)NCCc1c(C)nn(C)c1C.I. The lowest BCUT2D eigenvalue weighted by molar-refractivity contribution is 0.729. The topological polar surface area (TPSA) is 67.1 Å². The summed E-state index contributed by atoms with van der Waals surface area (Å²) >= 11 is 1.79. The highest BCUT2D eigenvalue weighted by atomic mass is 127. The molecule has 0 saturated heterocycles. The first-order chi connectivity index (χ1) is 12.0. The molecule has 0 unspecified atom stereocenters. The largest absolute Gasteiger partial charge is 0.357 e. The van der Waals surface area contributed by atoms with Gasteiger partial charge in [-0.25, -0.2) is 4.98 Å². The zero-order valence-electron chi connectivity index (χ0n) is 16.4. The summed E-state index contributed by atoms with van der Waals surface area (Å²) in [7, 11) is 1.99. The number of nitrogens with one attached hydrogen (secondary N) is 2. The van der Waals surface area contributed by atoms with Gasteiger partial charge in [0.1, 0.15) is 0 Å². The molecule has 0 radical (unpaired) electrons. The lowest BCUT2D eigenvalue weighted by Crippen LogP contribution is -2.38. The maximum Gasteiger partial charge on any atom is 0.191 e. The Morgan fingerprint density at radius 1 is 1.23 bits per heavy atom. The van der Waals surface area contributed by atoms with Crippen LogP contribution < -0.4 is 10.6 Å². The van der Waals surface area contributed by atoms with E-state index in [1.165, 1.54) is 16.1 Å². The molecule has 2 heterocycles. The Morgan fingerprint density at radius 3 is 2.58 bits per heavy atom. The van der Waals surface area contributed by atoms with Gasteiger partial charge >= 0.3 is 0 Å². The van der Waals surface area contributed by atoms with Gasteiger partial charge in [-0.2, -0.15) is 5.10 Å². The summed E-state index contributed by atoms with van der Waals surface area (Å²) in [6.45, 7) is 10.9. The van der Waals surface area contributed by atoms with Gasteiger partial charge in [0.2, 0.25) is 0 Å². The van der Waals surface area contributed by atoms with E-state index in [0.717, 1.165) is 55.6 Å². The molecule has 0 bridgehead atoms. The molecule has 2 aromatic heterocycles. The molecule has 0 aliphatic rings. The number of hydrogen-bond donors (Lipinski definition) is 2. The van der Waals surface area contributed by atoms with Crippen molar-refractivity contribution in [1.82, 2.24) is 25.4 Å². The van der Waals surface area contributed by atoms with Crippen LogP contribution in [0.1, 0.15) is 40.7 Å². The highest BCUT2D eigenvalue weighted by Gasteiger charge is 2.09. The van der Waals surface area contributed by atoms with Crippen LogP contribution in [-0.2, 0) is 26.3 Å². The highest BCUT2D eigenvalue weighted by Crippen LogP contribution is 2.14. The van der Waals surface area contributed by atoms with Gasteiger partial charge in [-0.05, 0) is 39.2 Å². The maximum absolute atomic E-state index is 4.67. The summed E-state index contributed by atoms with van der Waals surface area (Å²) in [4.78, 5) is 10.5. The average Bonchev–Trinajstić information content (AvgIpc) is 3.14. The number of aryl methyl sites for hydroxylation is 3. The van der Waals surface area contributed by atoms with Crippen molar-refractivity contribution in [2.75, 3.05) is 19.6 Å². The van der Waals surface area contributed by atoms with E-state index < -0.39 is 0 Å². The number of halogens is 1.